The Hall–Kier alpha value is 1.67. The Bertz CT molecular complexity index is 129. The SMILES string of the molecule is CCCCCCCCCCCCCC=O.[NaH].[NaH]. The van der Waals surface area contributed by atoms with Gasteiger partial charge in [-0.05, 0) is 6.42 Å². The summed E-state index contributed by atoms with van der Waals surface area (Å²) in [6.07, 6.45) is 16.7. The van der Waals surface area contributed by atoms with Gasteiger partial charge in [-0.3, -0.25) is 0 Å². The van der Waals surface area contributed by atoms with Crippen LogP contribution in [0.5, 0.6) is 0 Å². The minimum atomic E-state index is 0. The Kier molecular flexibility index (Phi) is 31.9. The van der Waals surface area contributed by atoms with Crippen molar-refractivity contribution in [3.05, 3.63) is 0 Å². The minimum absolute atomic E-state index is 0. The summed E-state index contributed by atoms with van der Waals surface area (Å²) in [5.41, 5.74) is 0. The molecule has 0 fully saturated rings. The second kappa shape index (κ2) is 22.8. The van der Waals surface area contributed by atoms with Crippen LogP contribution in [0, 0.1) is 0 Å². The van der Waals surface area contributed by atoms with Gasteiger partial charge in [-0.1, -0.05) is 71.1 Å². The maximum absolute atomic E-state index is 10.1. The van der Waals surface area contributed by atoms with Crippen molar-refractivity contribution in [3.8, 4) is 0 Å². The van der Waals surface area contributed by atoms with Crippen molar-refractivity contribution in [2.45, 2.75) is 84.0 Å². The maximum atomic E-state index is 10.1. The first-order valence-corrected chi connectivity index (χ1v) is 6.85. The molecule has 0 aliphatic heterocycles. The predicted octanol–water partition coefficient (Wildman–Crippen LogP) is 3.59. The predicted molar refractivity (Wildman–Crippen MR) is 81.4 cm³/mol. The van der Waals surface area contributed by atoms with Crippen molar-refractivity contribution < 1.29 is 4.79 Å². The summed E-state index contributed by atoms with van der Waals surface area (Å²) in [6, 6.07) is 0. The fraction of sp³-hybridized carbons (Fsp3) is 0.929. The number of rotatable bonds is 12. The summed E-state index contributed by atoms with van der Waals surface area (Å²) in [4.78, 5) is 10.1. The molecule has 0 aromatic heterocycles. The Morgan fingerprint density at radius 3 is 1.35 bits per heavy atom. The molecule has 0 radical (unpaired) electrons. The van der Waals surface area contributed by atoms with Crippen molar-refractivity contribution in [2.24, 2.45) is 0 Å². The van der Waals surface area contributed by atoms with Gasteiger partial charge in [-0.25, -0.2) is 0 Å². The third-order valence-electron chi connectivity index (χ3n) is 2.93. The van der Waals surface area contributed by atoms with Crippen molar-refractivity contribution in [3.63, 3.8) is 0 Å². The summed E-state index contributed by atoms with van der Waals surface area (Å²) in [7, 11) is 0. The van der Waals surface area contributed by atoms with E-state index in [1.54, 1.807) is 0 Å². The normalized spacial score (nSPS) is 9.24. The molecule has 0 saturated carbocycles. The van der Waals surface area contributed by atoms with Crippen LogP contribution in [-0.2, 0) is 4.79 Å². The fourth-order valence-corrected chi connectivity index (χ4v) is 1.89. The topological polar surface area (TPSA) is 17.1 Å². The molecule has 0 unspecified atom stereocenters. The third kappa shape index (κ3) is 23.2. The van der Waals surface area contributed by atoms with Crippen LogP contribution in [0.3, 0.4) is 0 Å². The van der Waals surface area contributed by atoms with Gasteiger partial charge in [0.05, 0.1) is 0 Å². The van der Waals surface area contributed by atoms with E-state index in [0.29, 0.717) is 0 Å². The van der Waals surface area contributed by atoms with Crippen molar-refractivity contribution in [1.29, 1.82) is 0 Å². The van der Waals surface area contributed by atoms with E-state index in [0.717, 1.165) is 19.1 Å². The standard InChI is InChI=1S/C14H28O.2Na.2H/c1-2-3-4-5-6-7-8-9-10-11-12-13-14-15;;;;/h14H,2-13H2,1H3;;;;. The number of carbonyl (C=O) groups excluding carboxylic acids is 1. The van der Waals surface area contributed by atoms with Crippen LogP contribution >= 0.6 is 0 Å². The second-order valence-electron chi connectivity index (χ2n) is 4.49. The Labute approximate surface area is 152 Å². The van der Waals surface area contributed by atoms with Crippen LogP contribution < -0.4 is 0 Å². The molecule has 94 valence electrons. The molecule has 0 atom stereocenters. The molecule has 0 bridgehead atoms. The van der Waals surface area contributed by atoms with Gasteiger partial charge in [-0.15, -0.1) is 0 Å². The van der Waals surface area contributed by atoms with E-state index in [9.17, 15) is 4.79 Å². The average Bonchev–Trinajstić information content (AvgIpc) is 2.26. The molecule has 0 N–H and O–H groups in total. The van der Waals surface area contributed by atoms with Gasteiger partial charge in [0.25, 0.3) is 0 Å². The van der Waals surface area contributed by atoms with Crippen molar-refractivity contribution in [1.82, 2.24) is 0 Å². The van der Waals surface area contributed by atoms with Gasteiger partial charge in [0.15, 0.2) is 0 Å². The van der Waals surface area contributed by atoms with Crippen LogP contribution in [0.4, 0.5) is 0 Å². The van der Waals surface area contributed by atoms with Crippen LogP contribution in [0.25, 0.3) is 0 Å². The number of hydrogen-bond donors (Lipinski definition) is 0. The van der Waals surface area contributed by atoms with Gasteiger partial charge < -0.3 is 4.79 Å². The molecule has 0 heterocycles. The summed E-state index contributed by atoms with van der Waals surface area (Å²) >= 11 is 0. The van der Waals surface area contributed by atoms with Crippen molar-refractivity contribution >= 4 is 65.4 Å². The number of unbranched alkanes of at least 4 members (excludes halogenated alkanes) is 11. The van der Waals surface area contributed by atoms with E-state index in [1.165, 1.54) is 64.2 Å². The van der Waals surface area contributed by atoms with Crippen LogP contribution in [0.2, 0.25) is 0 Å². The third-order valence-corrected chi connectivity index (χ3v) is 2.93. The van der Waals surface area contributed by atoms with Gasteiger partial charge in [-0.2, -0.15) is 0 Å². The van der Waals surface area contributed by atoms with Gasteiger partial charge >= 0.3 is 59.1 Å². The van der Waals surface area contributed by atoms with Gasteiger partial charge in [0.2, 0.25) is 0 Å². The molecule has 0 aliphatic carbocycles. The second-order valence-corrected chi connectivity index (χ2v) is 4.49. The Morgan fingerprint density at radius 1 is 0.647 bits per heavy atom. The molecule has 0 aromatic carbocycles. The van der Waals surface area contributed by atoms with Crippen LogP contribution in [-0.4, -0.2) is 65.4 Å². The van der Waals surface area contributed by atoms with E-state index in [1.807, 2.05) is 0 Å². The monoisotopic (exact) mass is 260 g/mol. The molecule has 0 aromatic rings. The number of hydrogen-bond acceptors (Lipinski definition) is 1. The van der Waals surface area contributed by atoms with Gasteiger partial charge in [0.1, 0.15) is 6.29 Å². The molecule has 3 heteroatoms. The molecule has 17 heavy (non-hydrogen) atoms. The molecular weight excluding hydrogens is 230 g/mol. The zero-order valence-electron chi connectivity index (χ0n) is 10.5. The Balaban J connectivity index is -0.000000980. The van der Waals surface area contributed by atoms with E-state index in [-0.39, 0.29) is 59.1 Å². The van der Waals surface area contributed by atoms with Gasteiger partial charge in [0, 0.05) is 6.42 Å². The average molecular weight is 260 g/mol. The zero-order chi connectivity index (χ0) is 11.2. The zero-order valence-corrected chi connectivity index (χ0v) is 10.5. The summed E-state index contributed by atoms with van der Waals surface area (Å²) in [6.45, 7) is 2.26. The molecular formula is C14H30Na2O. The summed E-state index contributed by atoms with van der Waals surface area (Å²) in [5, 5.41) is 0. The molecule has 0 saturated heterocycles. The molecule has 0 aliphatic rings. The quantitative estimate of drug-likeness (QED) is 0.298. The first-order valence-electron chi connectivity index (χ1n) is 6.85. The Morgan fingerprint density at radius 2 is 1.00 bits per heavy atom. The fourth-order valence-electron chi connectivity index (χ4n) is 1.89. The van der Waals surface area contributed by atoms with E-state index < -0.39 is 0 Å². The summed E-state index contributed by atoms with van der Waals surface area (Å²) < 4.78 is 0. The van der Waals surface area contributed by atoms with Crippen molar-refractivity contribution in [2.75, 3.05) is 0 Å². The van der Waals surface area contributed by atoms with E-state index >= 15 is 0 Å². The van der Waals surface area contributed by atoms with E-state index in [2.05, 4.69) is 6.92 Å². The van der Waals surface area contributed by atoms with Crippen LogP contribution in [0.15, 0.2) is 0 Å². The summed E-state index contributed by atoms with van der Waals surface area (Å²) in [5.74, 6) is 0. The number of carbonyl (C=O) groups is 1. The van der Waals surface area contributed by atoms with Crippen LogP contribution in [0.1, 0.15) is 84.0 Å². The molecule has 0 amide bonds. The first kappa shape index (κ1) is 23.7. The molecule has 1 nitrogen and oxygen atoms in total. The molecule has 0 spiro atoms. The molecule has 0 rings (SSSR count). The first-order chi connectivity index (χ1) is 7.41. The number of aldehydes is 1. The van der Waals surface area contributed by atoms with E-state index in [4.69, 9.17) is 0 Å².